The van der Waals surface area contributed by atoms with Gasteiger partial charge in [0, 0.05) is 13.6 Å². The molecule has 1 amide bonds. The summed E-state index contributed by atoms with van der Waals surface area (Å²) in [5.74, 6) is -0.304. The summed E-state index contributed by atoms with van der Waals surface area (Å²) < 4.78 is 24.9. The van der Waals surface area contributed by atoms with Crippen molar-refractivity contribution in [2.24, 2.45) is 11.1 Å². The first-order chi connectivity index (χ1) is 10.0. The number of carbonyl (C=O) groups is 1. The van der Waals surface area contributed by atoms with Gasteiger partial charge in [-0.2, -0.15) is 0 Å². The maximum atomic E-state index is 12.6. The molecule has 0 radical (unpaired) electrons. The number of nitrogens with zero attached hydrogens (tertiary/aromatic N) is 1. The molecule has 0 fully saturated rings. The number of carbonyl (C=O) groups excluding carboxylic acids is 1. The third-order valence-corrected chi connectivity index (χ3v) is 5.82. The van der Waals surface area contributed by atoms with E-state index in [0.717, 1.165) is 0 Å². The molecule has 1 aromatic rings. The van der Waals surface area contributed by atoms with E-state index in [9.17, 15) is 13.2 Å². The molecular weight excluding hydrogens is 300 g/mol. The predicted molar refractivity (Wildman–Crippen MR) is 88.6 cm³/mol. The quantitative estimate of drug-likeness (QED) is 0.866. The lowest BCUT2D eigenvalue weighted by Gasteiger charge is -2.29. The average Bonchev–Trinajstić information content (AvgIpc) is 2.45. The van der Waals surface area contributed by atoms with Crippen molar-refractivity contribution in [1.82, 2.24) is 4.90 Å². The van der Waals surface area contributed by atoms with E-state index in [4.69, 9.17) is 5.73 Å². The SMILES string of the molecule is CC(C)S(=O)(=O)c1ccccc1C(=O)N(C)CC(C)(C)CN. The van der Waals surface area contributed by atoms with E-state index < -0.39 is 15.1 Å². The zero-order chi connectivity index (χ0) is 17.1. The summed E-state index contributed by atoms with van der Waals surface area (Å²) in [6.45, 7) is 8.05. The molecule has 6 heteroatoms. The molecule has 0 unspecified atom stereocenters. The maximum Gasteiger partial charge on any atom is 0.254 e. The van der Waals surface area contributed by atoms with E-state index in [1.54, 1.807) is 39.1 Å². The van der Waals surface area contributed by atoms with E-state index in [2.05, 4.69) is 0 Å². The Balaban J connectivity index is 3.21. The largest absolute Gasteiger partial charge is 0.341 e. The van der Waals surface area contributed by atoms with Crippen LogP contribution in [0.4, 0.5) is 0 Å². The Hall–Kier alpha value is -1.40. The van der Waals surface area contributed by atoms with E-state index in [0.29, 0.717) is 13.1 Å². The molecule has 0 bridgehead atoms. The van der Waals surface area contributed by atoms with Gasteiger partial charge in [-0.3, -0.25) is 4.79 Å². The second kappa shape index (κ2) is 6.79. The van der Waals surface area contributed by atoms with Gasteiger partial charge >= 0.3 is 0 Å². The normalized spacial score (nSPS) is 12.5. The highest BCUT2D eigenvalue weighted by Crippen LogP contribution is 2.23. The van der Waals surface area contributed by atoms with E-state index in [1.165, 1.54) is 11.0 Å². The molecule has 124 valence electrons. The van der Waals surface area contributed by atoms with Crippen molar-refractivity contribution < 1.29 is 13.2 Å². The number of hydrogen-bond acceptors (Lipinski definition) is 4. The minimum absolute atomic E-state index is 0.0902. The van der Waals surface area contributed by atoms with Crippen molar-refractivity contribution in [3.63, 3.8) is 0 Å². The summed E-state index contributed by atoms with van der Waals surface area (Å²) in [6.07, 6.45) is 0. The summed E-state index contributed by atoms with van der Waals surface area (Å²) in [4.78, 5) is 14.3. The van der Waals surface area contributed by atoms with E-state index >= 15 is 0 Å². The summed E-state index contributed by atoms with van der Waals surface area (Å²) >= 11 is 0. The highest BCUT2D eigenvalue weighted by atomic mass is 32.2. The van der Waals surface area contributed by atoms with Gasteiger partial charge in [0.1, 0.15) is 0 Å². The Morgan fingerprint density at radius 2 is 1.82 bits per heavy atom. The number of benzene rings is 1. The first-order valence-corrected chi connectivity index (χ1v) is 8.86. The van der Waals surface area contributed by atoms with Crippen LogP contribution in [0.1, 0.15) is 38.1 Å². The summed E-state index contributed by atoms with van der Waals surface area (Å²) in [5, 5.41) is -0.577. The fourth-order valence-corrected chi connectivity index (χ4v) is 3.37. The first-order valence-electron chi connectivity index (χ1n) is 7.31. The molecule has 1 rings (SSSR count). The maximum absolute atomic E-state index is 12.6. The highest BCUT2D eigenvalue weighted by Gasteiger charge is 2.28. The lowest BCUT2D eigenvalue weighted by molar-refractivity contribution is 0.0736. The van der Waals surface area contributed by atoms with Gasteiger partial charge in [-0.15, -0.1) is 0 Å². The molecule has 0 aliphatic carbocycles. The second-order valence-corrected chi connectivity index (χ2v) is 9.09. The van der Waals surface area contributed by atoms with Crippen LogP contribution in [0.5, 0.6) is 0 Å². The van der Waals surface area contributed by atoms with Crippen LogP contribution < -0.4 is 5.73 Å². The monoisotopic (exact) mass is 326 g/mol. The van der Waals surface area contributed by atoms with Crippen molar-refractivity contribution in [2.75, 3.05) is 20.1 Å². The van der Waals surface area contributed by atoms with Crippen LogP contribution >= 0.6 is 0 Å². The van der Waals surface area contributed by atoms with E-state index in [1.807, 2.05) is 13.8 Å². The lowest BCUT2D eigenvalue weighted by atomic mass is 9.93. The fraction of sp³-hybridized carbons (Fsp3) is 0.562. The van der Waals surface area contributed by atoms with Crippen LogP contribution in [0.25, 0.3) is 0 Å². The molecule has 2 N–H and O–H groups in total. The smallest absolute Gasteiger partial charge is 0.254 e. The van der Waals surface area contributed by atoms with Crippen LogP contribution in [0.3, 0.4) is 0 Å². The van der Waals surface area contributed by atoms with Crippen molar-refractivity contribution in [3.05, 3.63) is 29.8 Å². The van der Waals surface area contributed by atoms with Gasteiger partial charge in [-0.1, -0.05) is 26.0 Å². The Kier molecular flexibility index (Phi) is 5.76. The van der Waals surface area contributed by atoms with Gasteiger partial charge in [-0.25, -0.2) is 8.42 Å². The summed E-state index contributed by atoms with van der Waals surface area (Å²) in [7, 11) is -1.84. The van der Waals surface area contributed by atoms with Crippen LogP contribution in [-0.2, 0) is 9.84 Å². The van der Waals surface area contributed by atoms with E-state index in [-0.39, 0.29) is 21.8 Å². The topological polar surface area (TPSA) is 80.5 Å². The molecule has 5 nitrogen and oxygen atoms in total. The lowest BCUT2D eigenvalue weighted by Crippen LogP contribution is -2.40. The van der Waals surface area contributed by atoms with Crippen molar-refractivity contribution in [3.8, 4) is 0 Å². The van der Waals surface area contributed by atoms with Gasteiger partial charge in [0.05, 0.1) is 15.7 Å². The molecule has 0 heterocycles. The predicted octanol–water partition coefficient (Wildman–Crippen LogP) is 1.93. The number of rotatable bonds is 6. The first kappa shape index (κ1) is 18.6. The van der Waals surface area contributed by atoms with Crippen LogP contribution in [0.15, 0.2) is 29.2 Å². The van der Waals surface area contributed by atoms with Crippen LogP contribution in [0.2, 0.25) is 0 Å². The zero-order valence-electron chi connectivity index (χ0n) is 14.0. The van der Waals surface area contributed by atoms with Crippen molar-refractivity contribution in [1.29, 1.82) is 0 Å². The van der Waals surface area contributed by atoms with Gasteiger partial charge in [0.15, 0.2) is 9.84 Å². The van der Waals surface area contributed by atoms with Crippen molar-refractivity contribution in [2.45, 2.75) is 37.8 Å². The molecule has 0 aromatic heterocycles. The summed E-state index contributed by atoms with van der Waals surface area (Å²) in [6, 6.07) is 6.36. The highest BCUT2D eigenvalue weighted by molar-refractivity contribution is 7.92. The van der Waals surface area contributed by atoms with Gasteiger partial charge in [0.25, 0.3) is 5.91 Å². The third-order valence-electron chi connectivity index (χ3n) is 3.61. The molecule has 1 aromatic carbocycles. The fourth-order valence-electron chi connectivity index (χ4n) is 2.13. The number of sulfone groups is 1. The Morgan fingerprint density at radius 3 is 2.32 bits per heavy atom. The molecule has 0 saturated carbocycles. The minimum atomic E-state index is -3.51. The number of hydrogen-bond donors (Lipinski definition) is 1. The van der Waals surface area contributed by atoms with Crippen LogP contribution in [-0.4, -0.2) is 44.6 Å². The number of amides is 1. The molecule has 0 saturated heterocycles. The van der Waals surface area contributed by atoms with Gasteiger partial charge < -0.3 is 10.6 Å². The Morgan fingerprint density at radius 1 is 1.27 bits per heavy atom. The van der Waals surface area contributed by atoms with Crippen molar-refractivity contribution >= 4 is 15.7 Å². The average molecular weight is 326 g/mol. The second-order valence-electron chi connectivity index (χ2n) is 6.62. The Bertz CT molecular complexity index is 637. The number of nitrogens with two attached hydrogens (primary N) is 1. The standard InChI is InChI=1S/C16H26N2O3S/c1-12(2)22(20,21)14-9-7-6-8-13(14)15(19)18(5)11-16(3,4)10-17/h6-9,12H,10-11,17H2,1-5H3. The van der Waals surface area contributed by atoms with Crippen LogP contribution in [0, 0.1) is 5.41 Å². The molecule has 0 atom stereocenters. The van der Waals surface area contributed by atoms with Gasteiger partial charge in [-0.05, 0) is 37.9 Å². The zero-order valence-corrected chi connectivity index (χ0v) is 14.8. The molecule has 0 spiro atoms. The van der Waals surface area contributed by atoms with Gasteiger partial charge in [0.2, 0.25) is 0 Å². The minimum Gasteiger partial charge on any atom is -0.341 e. The summed E-state index contributed by atoms with van der Waals surface area (Å²) in [5.41, 5.74) is 5.69. The molecule has 0 aliphatic rings. The third kappa shape index (κ3) is 4.08. The Labute approximate surface area is 133 Å². The molecule has 22 heavy (non-hydrogen) atoms. The molecular formula is C16H26N2O3S. The molecule has 0 aliphatic heterocycles.